The Hall–Kier alpha value is -1.42. The van der Waals surface area contributed by atoms with Crippen molar-refractivity contribution in [2.45, 2.75) is 6.92 Å². The summed E-state index contributed by atoms with van der Waals surface area (Å²) in [7, 11) is 0. The van der Waals surface area contributed by atoms with Gasteiger partial charge in [0.2, 0.25) is 0 Å². The van der Waals surface area contributed by atoms with Crippen LogP contribution < -0.4 is 5.43 Å². The van der Waals surface area contributed by atoms with Crippen molar-refractivity contribution in [3.8, 4) is 0 Å². The molecule has 0 fully saturated rings. The molecule has 0 saturated carbocycles. The van der Waals surface area contributed by atoms with Gasteiger partial charge in [-0.05, 0) is 37.3 Å². The van der Waals surface area contributed by atoms with Gasteiger partial charge in [0.25, 0.3) is 5.91 Å². The Morgan fingerprint density at radius 1 is 1.40 bits per heavy atom. The number of carbonyl (C=O) groups is 1. The van der Waals surface area contributed by atoms with Gasteiger partial charge in [-0.25, -0.2) is 5.43 Å². The van der Waals surface area contributed by atoms with Gasteiger partial charge in [0.05, 0.1) is 0 Å². The molecule has 1 rings (SSSR count). The van der Waals surface area contributed by atoms with Gasteiger partial charge in [0.15, 0.2) is 0 Å². The first-order valence-electron chi connectivity index (χ1n) is 4.44. The highest BCUT2D eigenvalue weighted by atomic mass is 79.9. The molecule has 78 valence electrons. The third kappa shape index (κ3) is 4.08. The van der Waals surface area contributed by atoms with Crippen molar-refractivity contribution in [2.75, 3.05) is 0 Å². The Labute approximate surface area is 97.0 Å². The van der Waals surface area contributed by atoms with Gasteiger partial charge in [-0.3, -0.25) is 4.79 Å². The molecule has 0 unspecified atom stereocenters. The van der Waals surface area contributed by atoms with Crippen molar-refractivity contribution >= 4 is 28.1 Å². The van der Waals surface area contributed by atoms with Crippen molar-refractivity contribution in [1.82, 2.24) is 5.43 Å². The van der Waals surface area contributed by atoms with Crippen molar-refractivity contribution in [3.63, 3.8) is 0 Å². The maximum atomic E-state index is 11.5. The molecule has 15 heavy (non-hydrogen) atoms. The second-order valence-corrected chi connectivity index (χ2v) is 3.67. The maximum Gasteiger partial charge on any atom is 0.271 e. The molecule has 1 aromatic rings. The molecule has 0 aromatic heterocycles. The van der Waals surface area contributed by atoms with E-state index >= 15 is 0 Å². The molecule has 0 bridgehead atoms. The summed E-state index contributed by atoms with van der Waals surface area (Å²) in [5, 5.41) is 3.74. The molecule has 0 aliphatic heterocycles. The standard InChI is InChI=1S/C11H11BrN2O/c1-2-3-8-13-14-11(15)9-4-6-10(12)7-5-9/h2-8H,1H3,(H,14,15)/b3-2+,13-8+. The van der Waals surface area contributed by atoms with Crippen LogP contribution in [0.3, 0.4) is 0 Å². The Morgan fingerprint density at radius 3 is 2.67 bits per heavy atom. The van der Waals surface area contributed by atoms with Crippen LogP contribution in [0, 0.1) is 0 Å². The first kappa shape index (κ1) is 11.7. The third-order valence-electron chi connectivity index (χ3n) is 1.63. The number of allylic oxidation sites excluding steroid dienone is 2. The van der Waals surface area contributed by atoms with E-state index in [1.807, 2.05) is 25.1 Å². The lowest BCUT2D eigenvalue weighted by molar-refractivity contribution is 0.0955. The normalized spacial score (nSPS) is 11.1. The molecule has 0 saturated heterocycles. The van der Waals surface area contributed by atoms with E-state index in [-0.39, 0.29) is 5.91 Å². The number of rotatable bonds is 3. The van der Waals surface area contributed by atoms with Crippen LogP contribution in [0.5, 0.6) is 0 Å². The number of nitrogens with one attached hydrogen (secondary N) is 1. The number of amides is 1. The maximum absolute atomic E-state index is 11.5. The quantitative estimate of drug-likeness (QED) is 0.664. The van der Waals surface area contributed by atoms with Crippen LogP contribution in [-0.4, -0.2) is 12.1 Å². The fourth-order valence-corrected chi connectivity index (χ4v) is 1.16. The van der Waals surface area contributed by atoms with E-state index in [0.717, 1.165) is 4.47 Å². The molecule has 4 heteroatoms. The first-order chi connectivity index (χ1) is 7.24. The summed E-state index contributed by atoms with van der Waals surface area (Å²) in [5.41, 5.74) is 3.00. The minimum absolute atomic E-state index is 0.219. The van der Waals surface area contributed by atoms with Gasteiger partial charge < -0.3 is 0 Å². The number of hydrogen-bond acceptors (Lipinski definition) is 2. The van der Waals surface area contributed by atoms with Gasteiger partial charge in [-0.1, -0.05) is 22.0 Å². The monoisotopic (exact) mass is 266 g/mol. The average Bonchev–Trinajstić information content (AvgIpc) is 2.25. The summed E-state index contributed by atoms with van der Waals surface area (Å²) in [4.78, 5) is 11.5. The number of benzene rings is 1. The highest BCUT2D eigenvalue weighted by Crippen LogP contribution is 2.10. The zero-order valence-corrected chi connectivity index (χ0v) is 9.86. The largest absolute Gasteiger partial charge is 0.271 e. The van der Waals surface area contributed by atoms with Gasteiger partial charge in [-0.15, -0.1) is 0 Å². The highest BCUT2D eigenvalue weighted by molar-refractivity contribution is 9.10. The van der Waals surface area contributed by atoms with Gasteiger partial charge in [0, 0.05) is 16.3 Å². The number of halogens is 1. The van der Waals surface area contributed by atoms with Crippen LogP contribution in [0.2, 0.25) is 0 Å². The van der Waals surface area contributed by atoms with Crippen LogP contribution in [0.1, 0.15) is 17.3 Å². The van der Waals surface area contributed by atoms with Crippen LogP contribution in [-0.2, 0) is 0 Å². The second kappa shape index (κ2) is 6.14. The summed E-state index contributed by atoms with van der Waals surface area (Å²) in [6.07, 6.45) is 5.09. The Bertz CT molecular complexity index is 382. The zero-order chi connectivity index (χ0) is 11.1. The molecule has 0 aliphatic carbocycles. The van der Waals surface area contributed by atoms with E-state index in [2.05, 4.69) is 26.5 Å². The molecule has 3 nitrogen and oxygen atoms in total. The van der Waals surface area contributed by atoms with Crippen LogP contribution in [0.4, 0.5) is 0 Å². The van der Waals surface area contributed by atoms with Crippen molar-refractivity contribution in [1.29, 1.82) is 0 Å². The summed E-state index contributed by atoms with van der Waals surface area (Å²) in [6, 6.07) is 7.07. The third-order valence-corrected chi connectivity index (χ3v) is 2.15. The van der Waals surface area contributed by atoms with E-state index < -0.39 is 0 Å². The summed E-state index contributed by atoms with van der Waals surface area (Å²) in [5.74, 6) is -0.219. The molecule has 0 atom stereocenters. The summed E-state index contributed by atoms with van der Waals surface area (Å²) < 4.78 is 0.941. The minimum Gasteiger partial charge on any atom is -0.267 e. The summed E-state index contributed by atoms with van der Waals surface area (Å²) in [6.45, 7) is 1.88. The van der Waals surface area contributed by atoms with Crippen molar-refractivity contribution in [3.05, 3.63) is 46.5 Å². The lowest BCUT2D eigenvalue weighted by Crippen LogP contribution is -2.17. The van der Waals surface area contributed by atoms with E-state index in [1.54, 1.807) is 18.2 Å². The molecular weight excluding hydrogens is 256 g/mol. The molecule has 0 radical (unpaired) electrons. The average molecular weight is 267 g/mol. The van der Waals surface area contributed by atoms with Crippen LogP contribution in [0.15, 0.2) is 46.0 Å². The van der Waals surface area contributed by atoms with Crippen molar-refractivity contribution in [2.24, 2.45) is 5.10 Å². The summed E-state index contributed by atoms with van der Waals surface area (Å²) >= 11 is 3.30. The Morgan fingerprint density at radius 2 is 2.07 bits per heavy atom. The molecule has 0 heterocycles. The molecular formula is C11H11BrN2O. The predicted octanol–water partition coefficient (Wildman–Crippen LogP) is 2.74. The SMILES string of the molecule is C/C=C/C=N/NC(=O)c1ccc(Br)cc1. The zero-order valence-electron chi connectivity index (χ0n) is 8.27. The molecule has 1 aromatic carbocycles. The fourth-order valence-electron chi connectivity index (χ4n) is 0.891. The number of hydrazone groups is 1. The minimum atomic E-state index is -0.219. The first-order valence-corrected chi connectivity index (χ1v) is 5.23. The highest BCUT2D eigenvalue weighted by Gasteiger charge is 2.02. The van der Waals surface area contributed by atoms with E-state index in [4.69, 9.17) is 0 Å². The molecule has 1 amide bonds. The molecule has 1 N–H and O–H groups in total. The molecule has 0 aliphatic rings. The van der Waals surface area contributed by atoms with Crippen molar-refractivity contribution < 1.29 is 4.79 Å². The van der Waals surface area contributed by atoms with E-state index in [9.17, 15) is 4.79 Å². The smallest absolute Gasteiger partial charge is 0.267 e. The van der Waals surface area contributed by atoms with Crippen LogP contribution >= 0.6 is 15.9 Å². The number of nitrogens with zero attached hydrogens (tertiary/aromatic N) is 1. The lowest BCUT2D eigenvalue weighted by Gasteiger charge is -1.98. The second-order valence-electron chi connectivity index (χ2n) is 2.75. The number of hydrogen-bond donors (Lipinski definition) is 1. The number of carbonyl (C=O) groups excluding carboxylic acids is 1. The van der Waals surface area contributed by atoms with Crippen LogP contribution in [0.25, 0.3) is 0 Å². The fraction of sp³-hybridized carbons (Fsp3) is 0.0909. The van der Waals surface area contributed by atoms with E-state index in [0.29, 0.717) is 5.56 Å². The lowest BCUT2D eigenvalue weighted by atomic mass is 10.2. The van der Waals surface area contributed by atoms with E-state index in [1.165, 1.54) is 6.21 Å². The van der Waals surface area contributed by atoms with Gasteiger partial charge in [0.1, 0.15) is 0 Å². The Kier molecular flexibility index (Phi) is 4.77. The molecule has 0 spiro atoms. The van der Waals surface area contributed by atoms with Gasteiger partial charge in [-0.2, -0.15) is 5.10 Å². The topological polar surface area (TPSA) is 41.5 Å². The Balaban J connectivity index is 2.58. The predicted molar refractivity (Wildman–Crippen MR) is 64.9 cm³/mol. The van der Waals surface area contributed by atoms with Gasteiger partial charge >= 0.3 is 0 Å².